The van der Waals surface area contributed by atoms with Gasteiger partial charge in [0, 0.05) is 6.04 Å². The second kappa shape index (κ2) is 6.66. The molecule has 1 heteroatoms. The van der Waals surface area contributed by atoms with Crippen molar-refractivity contribution in [1.82, 2.24) is 0 Å². The Morgan fingerprint density at radius 3 is 2.41 bits per heavy atom. The van der Waals surface area contributed by atoms with Crippen LogP contribution < -0.4 is 5.73 Å². The van der Waals surface area contributed by atoms with Gasteiger partial charge in [0.1, 0.15) is 0 Å². The van der Waals surface area contributed by atoms with Gasteiger partial charge in [-0.3, -0.25) is 0 Å². The largest absolute Gasteiger partial charge is 0.327 e. The van der Waals surface area contributed by atoms with Crippen molar-refractivity contribution in [3.8, 4) is 0 Å². The number of allylic oxidation sites excluding steroid dienone is 1. The van der Waals surface area contributed by atoms with Gasteiger partial charge in [-0.25, -0.2) is 0 Å². The molecule has 1 nitrogen and oxygen atoms in total. The highest BCUT2D eigenvalue weighted by Gasteiger charge is 2.33. The van der Waals surface area contributed by atoms with Crippen LogP contribution in [0.15, 0.2) is 54.6 Å². The van der Waals surface area contributed by atoms with Crippen LogP contribution in [-0.4, -0.2) is 6.04 Å². The first-order chi connectivity index (χ1) is 10.4. The van der Waals surface area contributed by atoms with Crippen LogP contribution in [0.4, 0.5) is 0 Å². The lowest BCUT2D eigenvalue weighted by atomic mass is 9.67. The van der Waals surface area contributed by atoms with Crippen molar-refractivity contribution in [1.29, 1.82) is 0 Å². The molecule has 118 valence electrons. The van der Waals surface area contributed by atoms with E-state index >= 15 is 0 Å². The Morgan fingerprint density at radius 1 is 1.18 bits per heavy atom. The highest BCUT2D eigenvalue weighted by Crippen LogP contribution is 2.39. The predicted molar refractivity (Wildman–Crippen MR) is 98.0 cm³/mol. The molecule has 3 atom stereocenters. The molecule has 0 aliphatic rings. The molecule has 0 aromatic heterocycles. The first-order valence-corrected chi connectivity index (χ1v) is 8.27. The van der Waals surface area contributed by atoms with Crippen molar-refractivity contribution in [3.05, 3.63) is 60.2 Å². The van der Waals surface area contributed by atoms with Crippen LogP contribution in [0.3, 0.4) is 0 Å². The summed E-state index contributed by atoms with van der Waals surface area (Å²) < 4.78 is 0. The molecule has 0 saturated carbocycles. The third-order valence-corrected chi connectivity index (χ3v) is 5.64. The summed E-state index contributed by atoms with van der Waals surface area (Å²) in [5.74, 6) is 0.404. The molecule has 0 bridgehead atoms. The van der Waals surface area contributed by atoms with Crippen LogP contribution in [0, 0.1) is 11.3 Å². The van der Waals surface area contributed by atoms with E-state index in [-0.39, 0.29) is 11.5 Å². The van der Waals surface area contributed by atoms with Crippen molar-refractivity contribution in [2.75, 3.05) is 0 Å². The van der Waals surface area contributed by atoms with Gasteiger partial charge in [-0.1, -0.05) is 75.4 Å². The molecule has 0 radical (unpaired) electrons. The van der Waals surface area contributed by atoms with Gasteiger partial charge in [-0.05, 0) is 47.4 Å². The summed E-state index contributed by atoms with van der Waals surface area (Å²) >= 11 is 0. The summed E-state index contributed by atoms with van der Waals surface area (Å²) in [6, 6.07) is 15.3. The van der Waals surface area contributed by atoms with E-state index in [4.69, 9.17) is 5.73 Å². The summed E-state index contributed by atoms with van der Waals surface area (Å²) in [7, 11) is 0. The fourth-order valence-electron chi connectivity index (χ4n) is 3.30. The van der Waals surface area contributed by atoms with Gasteiger partial charge in [0.15, 0.2) is 0 Å². The van der Waals surface area contributed by atoms with E-state index in [9.17, 15) is 0 Å². The summed E-state index contributed by atoms with van der Waals surface area (Å²) in [4.78, 5) is 0. The maximum absolute atomic E-state index is 6.55. The van der Waals surface area contributed by atoms with Crippen molar-refractivity contribution in [2.45, 2.75) is 46.6 Å². The third kappa shape index (κ3) is 3.25. The van der Waals surface area contributed by atoms with Gasteiger partial charge >= 0.3 is 0 Å². The molecule has 2 N–H and O–H groups in total. The average molecular weight is 295 g/mol. The summed E-state index contributed by atoms with van der Waals surface area (Å²) in [6.07, 6.45) is 1.99. The quantitative estimate of drug-likeness (QED) is 0.715. The van der Waals surface area contributed by atoms with Crippen molar-refractivity contribution in [3.63, 3.8) is 0 Å². The van der Waals surface area contributed by atoms with Gasteiger partial charge in [-0.15, -0.1) is 0 Å². The topological polar surface area (TPSA) is 26.0 Å². The maximum Gasteiger partial charge on any atom is 0.0113 e. The van der Waals surface area contributed by atoms with Crippen LogP contribution in [0.2, 0.25) is 0 Å². The van der Waals surface area contributed by atoms with Gasteiger partial charge in [-0.2, -0.15) is 0 Å². The van der Waals surface area contributed by atoms with E-state index in [0.717, 1.165) is 12.8 Å². The van der Waals surface area contributed by atoms with E-state index in [1.165, 1.54) is 21.9 Å². The minimum Gasteiger partial charge on any atom is -0.327 e. The molecule has 22 heavy (non-hydrogen) atoms. The van der Waals surface area contributed by atoms with Crippen LogP contribution >= 0.6 is 0 Å². The zero-order valence-electron chi connectivity index (χ0n) is 14.4. The second-order valence-corrected chi connectivity index (χ2v) is 6.89. The molecule has 2 aromatic carbocycles. The minimum atomic E-state index is 0.107. The molecule has 0 aliphatic heterocycles. The Bertz CT molecular complexity index is 658. The SMILES string of the molecule is C=C(C)C(C)(CC)C(C)C(N)Cc1ccc2ccccc2c1. The van der Waals surface area contributed by atoms with E-state index in [1.807, 2.05) is 0 Å². The summed E-state index contributed by atoms with van der Waals surface area (Å²) in [5, 5.41) is 2.58. The number of rotatable bonds is 6. The zero-order chi connectivity index (χ0) is 16.3. The third-order valence-electron chi connectivity index (χ3n) is 5.64. The molecule has 0 fully saturated rings. The summed E-state index contributed by atoms with van der Waals surface area (Å²) in [6.45, 7) is 13.1. The highest BCUT2D eigenvalue weighted by atomic mass is 14.7. The molecule has 0 saturated heterocycles. The average Bonchev–Trinajstić information content (AvgIpc) is 2.52. The molecular formula is C21H29N. The Kier molecular flexibility index (Phi) is 5.08. The molecular weight excluding hydrogens is 266 g/mol. The van der Waals surface area contributed by atoms with Gasteiger partial charge in [0.25, 0.3) is 0 Å². The van der Waals surface area contributed by atoms with Crippen LogP contribution in [0.1, 0.15) is 39.7 Å². The minimum absolute atomic E-state index is 0.107. The first kappa shape index (κ1) is 16.8. The molecule has 0 heterocycles. The Hall–Kier alpha value is -1.60. The lowest BCUT2D eigenvalue weighted by molar-refractivity contribution is 0.209. The molecule has 0 amide bonds. The zero-order valence-corrected chi connectivity index (χ0v) is 14.4. The van der Waals surface area contributed by atoms with Gasteiger partial charge in [0.2, 0.25) is 0 Å². The van der Waals surface area contributed by atoms with E-state index in [1.54, 1.807) is 0 Å². The number of fused-ring (bicyclic) bond motifs is 1. The molecule has 3 unspecified atom stereocenters. The Balaban J connectivity index is 2.19. The monoisotopic (exact) mass is 295 g/mol. The van der Waals surface area contributed by atoms with E-state index in [2.05, 4.69) is 76.7 Å². The maximum atomic E-state index is 6.55. The smallest absolute Gasteiger partial charge is 0.0113 e. The standard InChI is InChI=1S/C21H29N/c1-6-21(5,15(2)3)16(4)20(22)14-17-11-12-18-9-7-8-10-19(18)13-17/h7-13,16,20H,2,6,14,22H2,1,3-5H3. The molecule has 2 aromatic rings. The van der Waals surface area contributed by atoms with Crippen molar-refractivity contribution in [2.24, 2.45) is 17.1 Å². The Labute approximate surface area is 135 Å². The molecule has 0 spiro atoms. The van der Waals surface area contributed by atoms with E-state index < -0.39 is 0 Å². The Morgan fingerprint density at radius 2 is 1.82 bits per heavy atom. The molecule has 2 rings (SSSR count). The number of benzene rings is 2. The molecule has 0 aliphatic carbocycles. The number of hydrogen-bond donors (Lipinski definition) is 1. The van der Waals surface area contributed by atoms with Crippen molar-refractivity contribution >= 4 is 10.8 Å². The van der Waals surface area contributed by atoms with Crippen molar-refractivity contribution < 1.29 is 0 Å². The fraction of sp³-hybridized carbons (Fsp3) is 0.429. The van der Waals surface area contributed by atoms with Gasteiger partial charge in [0.05, 0.1) is 0 Å². The first-order valence-electron chi connectivity index (χ1n) is 8.27. The highest BCUT2D eigenvalue weighted by molar-refractivity contribution is 5.82. The fourth-order valence-corrected chi connectivity index (χ4v) is 3.30. The van der Waals surface area contributed by atoms with Gasteiger partial charge < -0.3 is 5.73 Å². The lowest BCUT2D eigenvalue weighted by Crippen LogP contribution is -2.41. The second-order valence-electron chi connectivity index (χ2n) is 6.89. The summed E-state index contributed by atoms with van der Waals surface area (Å²) in [5.41, 5.74) is 9.21. The van der Waals surface area contributed by atoms with E-state index in [0.29, 0.717) is 5.92 Å². The number of nitrogens with two attached hydrogens (primary N) is 1. The predicted octanol–water partition coefficient (Wildman–Crippen LogP) is 5.34. The lowest BCUT2D eigenvalue weighted by Gasteiger charge is -2.39. The normalized spacial score (nSPS) is 17.0. The van der Waals surface area contributed by atoms with Crippen LogP contribution in [0.5, 0.6) is 0 Å². The van der Waals surface area contributed by atoms with Crippen LogP contribution in [-0.2, 0) is 6.42 Å². The number of hydrogen-bond acceptors (Lipinski definition) is 1. The van der Waals surface area contributed by atoms with Crippen LogP contribution in [0.25, 0.3) is 10.8 Å².